The van der Waals surface area contributed by atoms with E-state index in [-0.39, 0.29) is 21.8 Å². The standard InChI is InChI=1S/C19H14F2N2O3S/c20-14-4-3-5-15(12-14)22-19(24)13-8-10-16(11-9-13)27(25,26)23-18-7-2-1-6-17(18)21/h1-12,23H,(H,22,24). The molecule has 0 unspecified atom stereocenters. The van der Waals surface area contributed by atoms with Gasteiger partial charge in [0, 0.05) is 11.3 Å². The number of amides is 1. The summed E-state index contributed by atoms with van der Waals surface area (Å²) < 4.78 is 53.6. The summed E-state index contributed by atoms with van der Waals surface area (Å²) in [5.41, 5.74) is 0.285. The zero-order valence-electron chi connectivity index (χ0n) is 13.8. The lowest BCUT2D eigenvalue weighted by molar-refractivity contribution is 0.102. The lowest BCUT2D eigenvalue weighted by Crippen LogP contribution is -2.15. The first-order chi connectivity index (χ1) is 12.8. The smallest absolute Gasteiger partial charge is 0.261 e. The predicted octanol–water partition coefficient (Wildman–Crippen LogP) is 4.02. The Kier molecular flexibility index (Phi) is 5.18. The molecule has 0 radical (unpaired) electrons. The zero-order chi connectivity index (χ0) is 19.4. The molecule has 3 aromatic carbocycles. The van der Waals surface area contributed by atoms with E-state index < -0.39 is 27.6 Å². The number of hydrogen-bond donors (Lipinski definition) is 2. The van der Waals surface area contributed by atoms with Gasteiger partial charge in [-0.15, -0.1) is 0 Å². The maximum atomic E-state index is 13.6. The molecule has 0 saturated heterocycles. The third-order valence-corrected chi connectivity index (χ3v) is 5.01. The van der Waals surface area contributed by atoms with Crippen molar-refractivity contribution in [2.75, 3.05) is 10.0 Å². The van der Waals surface area contributed by atoms with Gasteiger partial charge in [0.05, 0.1) is 10.6 Å². The first kappa shape index (κ1) is 18.5. The fraction of sp³-hybridized carbons (Fsp3) is 0. The van der Waals surface area contributed by atoms with Gasteiger partial charge in [0.25, 0.3) is 15.9 Å². The van der Waals surface area contributed by atoms with Gasteiger partial charge in [-0.3, -0.25) is 9.52 Å². The maximum absolute atomic E-state index is 13.6. The third-order valence-electron chi connectivity index (χ3n) is 3.63. The number of rotatable bonds is 5. The largest absolute Gasteiger partial charge is 0.322 e. The molecule has 1 amide bonds. The van der Waals surface area contributed by atoms with Crippen LogP contribution in [0.3, 0.4) is 0 Å². The monoisotopic (exact) mass is 388 g/mol. The Balaban J connectivity index is 1.76. The van der Waals surface area contributed by atoms with Crippen LogP contribution in [0.15, 0.2) is 77.7 Å². The quantitative estimate of drug-likeness (QED) is 0.693. The molecule has 0 heterocycles. The molecule has 8 heteroatoms. The van der Waals surface area contributed by atoms with Crippen LogP contribution in [0.1, 0.15) is 10.4 Å². The second kappa shape index (κ2) is 7.55. The molecule has 3 rings (SSSR count). The lowest BCUT2D eigenvalue weighted by atomic mass is 10.2. The SMILES string of the molecule is O=C(Nc1cccc(F)c1)c1ccc(S(=O)(=O)Nc2ccccc2F)cc1. The summed E-state index contributed by atoms with van der Waals surface area (Å²) in [6, 6.07) is 15.8. The Hall–Kier alpha value is -3.26. The molecular weight excluding hydrogens is 374 g/mol. The van der Waals surface area contributed by atoms with E-state index in [9.17, 15) is 22.0 Å². The van der Waals surface area contributed by atoms with Crippen LogP contribution in [0.2, 0.25) is 0 Å². The summed E-state index contributed by atoms with van der Waals surface area (Å²) in [5.74, 6) is -1.72. The second-order valence-electron chi connectivity index (χ2n) is 5.57. The summed E-state index contributed by atoms with van der Waals surface area (Å²) in [6.45, 7) is 0. The average Bonchev–Trinajstić information content (AvgIpc) is 2.64. The molecule has 5 nitrogen and oxygen atoms in total. The molecule has 27 heavy (non-hydrogen) atoms. The fourth-order valence-corrected chi connectivity index (χ4v) is 3.37. The van der Waals surface area contributed by atoms with Gasteiger partial charge < -0.3 is 5.32 Å². The minimum atomic E-state index is -4.01. The highest BCUT2D eigenvalue weighted by molar-refractivity contribution is 7.92. The summed E-state index contributed by atoms with van der Waals surface area (Å²) in [5, 5.41) is 2.51. The minimum Gasteiger partial charge on any atom is -0.322 e. The number of carbonyl (C=O) groups excluding carboxylic acids is 1. The van der Waals surface area contributed by atoms with Crippen LogP contribution in [-0.2, 0) is 10.0 Å². The van der Waals surface area contributed by atoms with Gasteiger partial charge in [-0.05, 0) is 54.6 Å². The molecular formula is C19H14F2N2O3S. The van der Waals surface area contributed by atoms with E-state index in [0.29, 0.717) is 0 Å². The predicted molar refractivity (Wildman–Crippen MR) is 98.0 cm³/mol. The second-order valence-corrected chi connectivity index (χ2v) is 7.26. The Bertz CT molecular complexity index is 1080. The number of sulfonamides is 1. The van der Waals surface area contributed by atoms with Crippen molar-refractivity contribution < 1.29 is 22.0 Å². The summed E-state index contributed by atoms with van der Waals surface area (Å²) >= 11 is 0. The van der Waals surface area contributed by atoms with Gasteiger partial charge in [0.2, 0.25) is 0 Å². The number of carbonyl (C=O) groups is 1. The van der Waals surface area contributed by atoms with Gasteiger partial charge in [-0.2, -0.15) is 0 Å². The van der Waals surface area contributed by atoms with Crippen LogP contribution < -0.4 is 10.0 Å². The van der Waals surface area contributed by atoms with Crippen LogP contribution in [0.25, 0.3) is 0 Å². The van der Waals surface area contributed by atoms with E-state index in [0.717, 1.165) is 12.1 Å². The van der Waals surface area contributed by atoms with Gasteiger partial charge in [0.1, 0.15) is 11.6 Å². The van der Waals surface area contributed by atoms with Crippen molar-refractivity contribution in [1.29, 1.82) is 0 Å². The van der Waals surface area contributed by atoms with E-state index in [2.05, 4.69) is 10.0 Å². The number of anilines is 2. The average molecular weight is 388 g/mol. The van der Waals surface area contributed by atoms with Crippen molar-refractivity contribution in [3.8, 4) is 0 Å². The highest BCUT2D eigenvalue weighted by Crippen LogP contribution is 2.19. The van der Waals surface area contributed by atoms with E-state index in [4.69, 9.17) is 0 Å². The number of hydrogen-bond acceptors (Lipinski definition) is 3. The zero-order valence-corrected chi connectivity index (χ0v) is 14.6. The van der Waals surface area contributed by atoms with E-state index in [1.54, 1.807) is 0 Å². The molecule has 0 spiro atoms. The minimum absolute atomic E-state index is 0.131. The van der Waals surface area contributed by atoms with E-state index >= 15 is 0 Å². The lowest BCUT2D eigenvalue weighted by Gasteiger charge is -2.10. The first-order valence-electron chi connectivity index (χ1n) is 7.79. The fourth-order valence-electron chi connectivity index (χ4n) is 2.30. The molecule has 3 aromatic rings. The van der Waals surface area contributed by atoms with Gasteiger partial charge in [-0.25, -0.2) is 17.2 Å². The summed E-state index contributed by atoms with van der Waals surface area (Å²) in [7, 11) is -4.01. The number of halogens is 2. The highest BCUT2D eigenvalue weighted by atomic mass is 32.2. The third kappa shape index (κ3) is 4.48. The number of benzene rings is 3. The Morgan fingerprint density at radius 1 is 0.852 bits per heavy atom. The molecule has 0 aliphatic heterocycles. The molecule has 0 aliphatic carbocycles. The van der Waals surface area contributed by atoms with Crippen molar-refractivity contribution in [2.24, 2.45) is 0 Å². The first-order valence-corrected chi connectivity index (χ1v) is 9.28. The van der Waals surface area contributed by atoms with Gasteiger partial charge in [0.15, 0.2) is 0 Å². The number of nitrogens with one attached hydrogen (secondary N) is 2. The highest BCUT2D eigenvalue weighted by Gasteiger charge is 2.17. The molecule has 0 aromatic heterocycles. The molecule has 0 bridgehead atoms. The van der Waals surface area contributed by atoms with Gasteiger partial charge >= 0.3 is 0 Å². The van der Waals surface area contributed by atoms with Crippen LogP contribution in [0.5, 0.6) is 0 Å². The topological polar surface area (TPSA) is 75.3 Å². The van der Waals surface area contributed by atoms with Crippen molar-refractivity contribution in [1.82, 2.24) is 0 Å². The Labute approximate surface area is 154 Å². The van der Waals surface area contributed by atoms with Crippen molar-refractivity contribution in [3.05, 3.63) is 90.0 Å². The molecule has 0 aliphatic rings. The van der Waals surface area contributed by atoms with Gasteiger partial charge in [-0.1, -0.05) is 18.2 Å². The van der Waals surface area contributed by atoms with Crippen molar-refractivity contribution >= 4 is 27.3 Å². The number of para-hydroxylation sites is 1. The Morgan fingerprint density at radius 3 is 2.22 bits per heavy atom. The molecule has 0 fully saturated rings. The molecule has 0 atom stereocenters. The van der Waals surface area contributed by atoms with Crippen molar-refractivity contribution in [2.45, 2.75) is 4.90 Å². The van der Waals surface area contributed by atoms with Crippen molar-refractivity contribution in [3.63, 3.8) is 0 Å². The van der Waals surface area contributed by atoms with Crippen LogP contribution in [-0.4, -0.2) is 14.3 Å². The van der Waals surface area contributed by atoms with E-state index in [1.807, 2.05) is 0 Å². The van der Waals surface area contributed by atoms with Crippen LogP contribution in [0.4, 0.5) is 20.2 Å². The summed E-state index contributed by atoms with van der Waals surface area (Å²) in [6.07, 6.45) is 0. The summed E-state index contributed by atoms with van der Waals surface area (Å²) in [4.78, 5) is 12.0. The molecule has 0 saturated carbocycles. The van der Waals surface area contributed by atoms with E-state index in [1.165, 1.54) is 60.7 Å². The van der Waals surface area contributed by atoms with Crippen LogP contribution in [0, 0.1) is 11.6 Å². The van der Waals surface area contributed by atoms with Crippen LogP contribution >= 0.6 is 0 Å². The maximum Gasteiger partial charge on any atom is 0.261 e. The normalized spacial score (nSPS) is 11.0. The molecule has 2 N–H and O–H groups in total. The molecule has 138 valence electrons. The Morgan fingerprint density at radius 2 is 1.56 bits per heavy atom.